The van der Waals surface area contributed by atoms with E-state index < -0.39 is 11.6 Å². The van der Waals surface area contributed by atoms with Gasteiger partial charge >= 0.3 is 0 Å². The summed E-state index contributed by atoms with van der Waals surface area (Å²) >= 11 is 0. The Morgan fingerprint density at radius 2 is 1.58 bits per heavy atom. The Morgan fingerprint density at radius 3 is 2.19 bits per heavy atom. The number of nitrogens with zero attached hydrogens (tertiary/aromatic N) is 2. The first-order valence-electron chi connectivity index (χ1n) is 10.2. The van der Waals surface area contributed by atoms with Crippen LogP contribution in [0.1, 0.15) is 44.0 Å². The van der Waals surface area contributed by atoms with E-state index in [9.17, 15) is 19.2 Å². The van der Waals surface area contributed by atoms with Gasteiger partial charge in [0.2, 0.25) is 17.5 Å². The molecule has 0 aliphatic carbocycles. The number of anilines is 3. The summed E-state index contributed by atoms with van der Waals surface area (Å²) in [7, 11) is 0. The van der Waals surface area contributed by atoms with Crippen LogP contribution in [-0.4, -0.2) is 40.2 Å². The Hall–Kier alpha value is -3.68. The molecular weight excluding hydrogens is 396 g/mol. The number of hydrogen-bond acceptors (Lipinski definition) is 4. The Bertz CT molecular complexity index is 1080. The first-order chi connectivity index (χ1) is 14.8. The van der Waals surface area contributed by atoms with Crippen molar-refractivity contribution in [1.82, 2.24) is 4.90 Å². The molecule has 2 aliphatic rings. The molecule has 4 amide bonds. The largest absolute Gasteiger partial charge is 0.326 e. The number of nitrogens with one attached hydrogen (secondary N) is 2. The van der Waals surface area contributed by atoms with E-state index >= 15 is 0 Å². The van der Waals surface area contributed by atoms with Gasteiger partial charge in [0.05, 0.1) is 11.3 Å². The lowest BCUT2D eigenvalue weighted by Crippen LogP contribution is -2.70. The van der Waals surface area contributed by atoms with Crippen molar-refractivity contribution in [2.24, 2.45) is 0 Å². The van der Waals surface area contributed by atoms with E-state index in [0.717, 1.165) is 0 Å². The third kappa shape index (κ3) is 3.24. The fourth-order valence-electron chi connectivity index (χ4n) is 4.48. The predicted octanol–water partition coefficient (Wildman–Crippen LogP) is 2.97. The molecule has 1 saturated heterocycles. The van der Waals surface area contributed by atoms with Crippen molar-refractivity contribution >= 4 is 40.7 Å². The van der Waals surface area contributed by atoms with Crippen molar-refractivity contribution in [2.75, 3.05) is 15.5 Å². The molecule has 2 aromatic carbocycles. The molecule has 0 bridgehead atoms. The smallest absolute Gasteiger partial charge is 0.271 e. The molecule has 1 fully saturated rings. The van der Waals surface area contributed by atoms with Gasteiger partial charge in [-0.25, -0.2) is 0 Å². The topological polar surface area (TPSA) is 98.8 Å². The highest BCUT2D eigenvalue weighted by Crippen LogP contribution is 2.45. The molecular formula is C23H24N4O4. The highest BCUT2D eigenvalue weighted by atomic mass is 16.2. The summed E-state index contributed by atoms with van der Waals surface area (Å²) in [5.74, 6) is -1.10. The van der Waals surface area contributed by atoms with E-state index in [1.54, 1.807) is 48.5 Å². The van der Waals surface area contributed by atoms with Crippen LogP contribution in [0.2, 0.25) is 0 Å². The standard InChI is InChI=1S/C23H24N4O4/c1-14(2)26-21(30)18-6-4-5-7-19(18)27-20(29)12-13-23(26,27)22(31)25-17-10-8-16(9-11-17)24-15(3)28/h4-11,14H,12-13H2,1-3H3,(H,24,28)(H,25,31)/t23-/m0/s1. The van der Waals surface area contributed by atoms with Crippen molar-refractivity contribution < 1.29 is 19.2 Å². The Kier molecular flexibility index (Phi) is 5.00. The predicted molar refractivity (Wildman–Crippen MR) is 117 cm³/mol. The molecule has 31 heavy (non-hydrogen) atoms. The summed E-state index contributed by atoms with van der Waals surface area (Å²) in [6.45, 7) is 5.09. The second-order valence-electron chi connectivity index (χ2n) is 8.04. The van der Waals surface area contributed by atoms with Crippen LogP contribution in [0.3, 0.4) is 0 Å². The third-order valence-corrected chi connectivity index (χ3v) is 5.64. The lowest BCUT2D eigenvalue weighted by Gasteiger charge is -2.50. The first kappa shape index (κ1) is 20.6. The Morgan fingerprint density at radius 1 is 0.968 bits per heavy atom. The summed E-state index contributed by atoms with van der Waals surface area (Å²) in [5.41, 5.74) is 0.541. The molecule has 2 aromatic rings. The molecule has 0 unspecified atom stereocenters. The minimum atomic E-state index is -1.44. The number of para-hydroxylation sites is 1. The van der Waals surface area contributed by atoms with E-state index in [0.29, 0.717) is 22.6 Å². The van der Waals surface area contributed by atoms with Crippen molar-refractivity contribution in [3.63, 3.8) is 0 Å². The van der Waals surface area contributed by atoms with Crippen molar-refractivity contribution in [3.8, 4) is 0 Å². The van der Waals surface area contributed by atoms with Gasteiger partial charge in [0.1, 0.15) is 0 Å². The van der Waals surface area contributed by atoms with Crippen LogP contribution >= 0.6 is 0 Å². The van der Waals surface area contributed by atoms with Crippen LogP contribution in [0.5, 0.6) is 0 Å². The number of fused-ring (bicyclic) bond motifs is 3. The van der Waals surface area contributed by atoms with Crippen LogP contribution in [0.4, 0.5) is 17.1 Å². The molecule has 8 nitrogen and oxygen atoms in total. The maximum Gasteiger partial charge on any atom is 0.271 e. The molecule has 2 N–H and O–H groups in total. The fraction of sp³-hybridized carbons (Fsp3) is 0.304. The molecule has 0 saturated carbocycles. The summed E-state index contributed by atoms with van der Waals surface area (Å²) in [6, 6.07) is 13.3. The summed E-state index contributed by atoms with van der Waals surface area (Å²) in [5, 5.41) is 5.54. The normalized spacial score (nSPS) is 19.9. The number of hydrogen-bond donors (Lipinski definition) is 2. The molecule has 0 aromatic heterocycles. The van der Waals surface area contributed by atoms with Gasteiger partial charge in [-0.2, -0.15) is 0 Å². The van der Waals surface area contributed by atoms with Crippen LogP contribution in [0.25, 0.3) is 0 Å². The maximum absolute atomic E-state index is 13.7. The Labute approximate surface area is 180 Å². The van der Waals surface area contributed by atoms with Gasteiger partial charge in [0, 0.05) is 37.2 Å². The minimum absolute atomic E-state index is 0.166. The molecule has 8 heteroatoms. The van der Waals surface area contributed by atoms with Gasteiger partial charge in [-0.1, -0.05) is 12.1 Å². The highest BCUT2D eigenvalue weighted by Gasteiger charge is 2.61. The Balaban J connectivity index is 1.75. The van der Waals surface area contributed by atoms with Gasteiger partial charge in [-0.3, -0.25) is 24.1 Å². The monoisotopic (exact) mass is 420 g/mol. The van der Waals surface area contributed by atoms with Crippen molar-refractivity contribution in [1.29, 1.82) is 0 Å². The van der Waals surface area contributed by atoms with E-state index in [4.69, 9.17) is 0 Å². The lowest BCUT2D eigenvalue weighted by molar-refractivity contribution is -0.129. The van der Waals surface area contributed by atoms with Gasteiger partial charge in [0.15, 0.2) is 0 Å². The average Bonchev–Trinajstić information content (AvgIpc) is 3.07. The van der Waals surface area contributed by atoms with Crippen molar-refractivity contribution in [3.05, 3.63) is 54.1 Å². The van der Waals surface area contributed by atoms with E-state index in [1.807, 2.05) is 13.8 Å². The number of carbonyl (C=O) groups is 4. The minimum Gasteiger partial charge on any atom is -0.326 e. The maximum atomic E-state index is 13.7. The van der Waals surface area contributed by atoms with Gasteiger partial charge in [-0.15, -0.1) is 0 Å². The first-order valence-corrected chi connectivity index (χ1v) is 10.2. The zero-order valence-electron chi connectivity index (χ0n) is 17.6. The summed E-state index contributed by atoms with van der Waals surface area (Å²) < 4.78 is 0. The second kappa shape index (κ2) is 7.54. The number of rotatable bonds is 4. The SMILES string of the molecule is CC(=O)Nc1ccc(NC(=O)[C@]23CCC(=O)N2c2ccccc2C(=O)N3C(C)C)cc1. The quantitative estimate of drug-likeness (QED) is 0.794. The van der Waals surface area contributed by atoms with Gasteiger partial charge in [0.25, 0.3) is 11.8 Å². The average molecular weight is 420 g/mol. The van der Waals surface area contributed by atoms with Crippen LogP contribution in [-0.2, 0) is 14.4 Å². The highest BCUT2D eigenvalue weighted by molar-refractivity contribution is 6.18. The summed E-state index contributed by atoms with van der Waals surface area (Å²) in [6.07, 6.45) is 0.375. The van der Waals surface area contributed by atoms with Gasteiger partial charge < -0.3 is 15.5 Å². The van der Waals surface area contributed by atoms with Crippen LogP contribution in [0, 0.1) is 0 Å². The second-order valence-corrected chi connectivity index (χ2v) is 8.04. The van der Waals surface area contributed by atoms with Gasteiger partial charge in [-0.05, 0) is 50.2 Å². The van der Waals surface area contributed by atoms with Crippen molar-refractivity contribution in [2.45, 2.75) is 45.3 Å². The van der Waals surface area contributed by atoms with E-state index in [2.05, 4.69) is 10.6 Å². The number of amides is 4. The van der Waals surface area contributed by atoms with E-state index in [-0.39, 0.29) is 36.6 Å². The number of benzene rings is 2. The molecule has 160 valence electrons. The molecule has 2 heterocycles. The van der Waals surface area contributed by atoms with E-state index in [1.165, 1.54) is 16.7 Å². The summed E-state index contributed by atoms with van der Waals surface area (Å²) in [4.78, 5) is 54.2. The molecule has 4 rings (SSSR count). The lowest BCUT2D eigenvalue weighted by atomic mass is 9.94. The molecule has 0 radical (unpaired) electrons. The molecule has 2 aliphatic heterocycles. The zero-order valence-corrected chi connectivity index (χ0v) is 17.6. The third-order valence-electron chi connectivity index (χ3n) is 5.64. The molecule has 0 spiro atoms. The zero-order chi connectivity index (χ0) is 22.3. The van der Waals surface area contributed by atoms with Crippen LogP contribution in [0.15, 0.2) is 48.5 Å². The van der Waals surface area contributed by atoms with Crippen LogP contribution < -0.4 is 15.5 Å². The number of carbonyl (C=O) groups excluding carboxylic acids is 4. The molecule has 1 atom stereocenters. The fourth-order valence-corrected chi connectivity index (χ4v) is 4.48.